The Hall–Kier alpha value is -1.97. The van der Waals surface area contributed by atoms with Crippen molar-refractivity contribution in [1.82, 2.24) is 19.3 Å². The molecule has 2 aromatic heterocycles. The number of nitrogens with zero attached hydrogens (tertiary/aromatic N) is 4. The summed E-state index contributed by atoms with van der Waals surface area (Å²) in [5.74, 6) is 0. The van der Waals surface area contributed by atoms with Crippen LogP contribution in [0.25, 0.3) is 4.96 Å². The van der Waals surface area contributed by atoms with Crippen molar-refractivity contribution in [2.75, 3.05) is 18.0 Å². The maximum atomic E-state index is 12.8. The Balaban J connectivity index is 1.49. The number of nitrogens with one attached hydrogen (secondary N) is 1. The van der Waals surface area contributed by atoms with E-state index in [0.717, 1.165) is 23.7 Å². The van der Waals surface area contributed by atoms with E-state index in [1.165, 1.54) is 40.8 Å². The second-order valence-corrected chi connectivity index (χ2v) is 9.70. The van der Waals surface area contributed by atoms with E-state index in [1.807, 2.05) is 19.1 Å². The molecule has 0 unspecified atom stereocenters. The van der Waals surface area contributed by atoms with E-state index in [4.69, 9.17) is 0 Å². The van der Waals surface area contributed by atoms with Crippen LogP contribution in [0, 0.1) is 13.8 Å². The predicted molar refractivity (Wildman–Crippen MR) is 107 cm³/mol. The highest BCUT2D eigenvalue weighted by atomic mass is 32.2. The zero-order valence-corrected chi connectivity index (χ0v) is 17.1. The van der Waals surface area contributed by atoms with E-state index in [2.05, 4.69) is 31.8 Å². The number of fused-ring (bicyclic) bond motifs is 1. The fourth-order valence-corrected chi connectivity index (χ4v) is 5.59. The van der Waals surface area contributed by atoms with Gasteiger partial charge in [-0.2, -0.15) is 9.61 Å². The lowest BCUT2D eigenvalue weighted by molar-refractivity contribution is 0.572. The van der Waals surface area contributed by atoms with Crippen molar-refractivity contribution in [2.24, 2.45) is 0 Å². The summed E-state index contributed by atoms with van der Waals surface area (Å²) in [5, 5.41) is 5.16. The zero-order chi connectivity index (χ0) is 19.0. The van der Waals surface area contributed by atoms with Crippen LogP contribution in [0.3, 0.4) is 0 Å². The molecule has 0 aliphatic carbocycles. The first-order chi connectivity index (χ1) is 12.9. The summed E-state index contributed by atoms with van der Waals surface area (Å²) < 4.78 is 29.7. The summed E-state index contributed by atoms with van der Waals surface area (Å²) in [6.45, 7) is 5.95. The predicted octanol–water partition coefficient (Wildman–Crippen LogP) is 2.88. The standard InChI is InChI=1S/C18H23N5O2S2/c1-13-17(23-18(20-13)26-14(2)21-23)27(24,25)19-12-15-6-8-16(9-7-15)22-10-4-3-5-11-22/h6-9,19H,3-5,10-12H2,1-2H3. The number of benzene rings is 1. The Kier molecular flexibility index (Phi) is 4.92. The highest BCUT2D eigenvalue weighted by molar-refractivity contribution is 7.89. The molecule has 0 bridgehead atoms. The molecule has 1 fully saturated rings. The lowest BCUT2D eigenvalue weighted by atomic mass is 10.1. The van der Waals surface area contributed by atoms with Gasteiger partial charge < -0.3 is 4.90 Å². The molecule has 0 saturated carbocycles. The Labute approximate surface area is 163 Å². The van der Waals surface area contributed by atoms with Gasteiger partial charge in [-0.3, -0.25) is 0 Å². The molecule has 0 spiro atoms. The van der Waals surface area contributed by atoms with Gasteiger partial charge in [-0.15, -0.1) is 0 Å². The molecule has 144 valence electrons. The van der Waals surface area contributed by atoms with Gasteiger partial charge in [0.05, 0.1) is 5.69 Å². The van der Waals surface area contributed by atoms with E-state index < -0.39 is 10.0 Å². The number of piperidine rings is 1. The highest BCUT2D eigenvalue weighted by Crippen LogP contribution is 2.23. The van der Waals surface area contributed by atoms with E-state index in [0.29, 0.717) is 10.7 Å². The van der Waals surface area contributed by atoms with Gasteiger partial charge in [-0.05, 0) is 50.8 Å². The Morgan fingerprint density at radius 3 is 2.52 bits per heavy atom. The first-order valence-electron chi connectivity index (χ1n) is 9.10. The van der Waals surface area contributed by atoms with Crippen LogP contribution in [0.15, 0.2) is 29.3 Å². The third-order valence-corrected chi connectivity index (χ3v) is 7.13. The number of aryl methyl sites for hydroxylation is 2. The largest absolute Gasteiger partial charge is 0.372 e. The lowest BCUT2D eigenvalue weighted by Gasteiger charge is -2.28. The minimum atomic E-state index is -3.71. The fraction of sp³-hybridized carbons (Fsp3) is 0.444. The van der Waals surface area contributed by atoms with Crippen LogP contribution in [0.1, 0.15) is 35.5 Å². The highest BCUT2D eigenvalue weighted by Gasteiger charge is 2.25. The molecule has 4 rings (SSSR count). The number of imidazole rings is 1. The molecule has 9 heteroatoms. The molecular formula is C18H23N5O2S2. The van der Waals surface area contributed by atoms with E-state index in [9.17, 15) is 8.42 Å². The molecule has 27 heavy (non-hydrogen) atoms. The summed E-state index contributed by atoms with van der Waals surface area (Å²) in [6, 6.07) is 8.11. The average molecular weight is 406 g/mol. The van der Waals surface area contributed by atoms with Crippen LogP contribution in [0.4, 0.5) is 5.69 Å². The van der Waals surface area contributed by atoms with Gasteiger partial charge in [0.15, 0.2) is 5.03 Å². The van der Waals surface area contributed by atoms with Crippen molar-refractivity contribution in [3.63, 3.8) is 0 Å². The van der Waals surface area contributed by atoms with Crippen LogP contribution >= 0.6 is 11.3 Å². The van der Waals surface area contributed by atoms with Crippen LogP contribution in [0.2, 0.25) is 0 Å². The quantitative estimate of drug-likeness (QED) is 0.706. The van der Waals surface area contributed by atoms with Gasteiger partial charge in [0, 0.05) is 25.3 Å². The minimum absolute atomic E-state index is 0.117. The molecule has 0 atom stereocenters. The van der Waals surface area contributed by atoms with Crippen LogP contribution in [0.5, 0.6) is 0 Å². The van der Waals surface area contributed by atoms with Gasteiger partial charge >= 0.3 is 0 Å². The summed E-state index contributed by atoms with van der Waals surface area (Å²) in [4.78, 5) is 7.29. The zero-order valence-electron chi connectivity index (χ0n) is 15.5. The van der Waals surface area contributed by atoms with Gasteiger partial charge in [0.1, 0.15) is 5.01 Å². The molecular weight excluding hydrogens is 382 g/mol. The summed E-state index contributed by atoms with van der Waals surface area (Å²) in [5.41, 5.74) is 2.58. The van der Waals surface area contributed by atoms with Crippen LogP contribution in [-0.2, 0) is 16.6 Å². The number of anilines is 1. The van der Waals surface area contributed by atoms with E-state index in [-0.39, 0.29) is 11.6 Å². The third kappa shape index (κ3) is 3.71. The first-order valence-corrected chi connectivity index (χ1v) is 11.4. The molecule has 1 aliphatic rings. The van der Waals surface area contributed by atoms with Gasteiger partial charge in [-0.1, -0.05) is 23.5 Å². The van der Waals surface area contributed by atoms with Crippen molar-refractivity contribution in [3.05, 3.63) is 40.5 Å². The monoisotopic (exact) mass is 405 g/mol. The number of hydrogen-bond donors (Lipinski definition) is 1. The number of aromatic nitrogens is 3. The molecule has 1 aromatic carbocycles. The normalized spacial score (nSPS) is 15.6. The van der Waals surface area contributed by atoms with Crippen molar-refractivity contribution in [1.29, 1.82) is 0 Å². The van der Waals surface area contributed by atoms with Gasteiger partial charge in [0.25, 0.3) is 10.0 Å². The fourth-order valence-electron chi connectivity index (χ4n) is 3.46. The molecule has 1 aliphatic heterocycles. The molecule has 1 N–H and O–H groups in total. The Morgan fingerprint density at radius 2 is 1.81 bits per heavy atom. The lowest BCUT2D eigenvalue weighted by Crippen LogP contribution is -2.29. The van der Waals surface area contributed by atoms with Crippen molar-refractivity contribution >= 4 is 32.0 Å². The summed E-state index contributed by atoms with van der Waals surface area (Å²) in [7, 11) is -3.71. The molecule has 3 aromatic rings. The van der Waals surface area contributed by atoms with Crippen LogP contribution in [-0.4, -0.2) is 36.1 Å². The number of hydrogen-bond acceptors (Lipinski definition) is 6. The van der Waals surface area contributed by atoms with Crippen molar-refractivity contribution < 1.29 is 8.42 Å². The van der Waals surface area contributed by atoms with Crippen molar-refractivity contribution in [2.45, 2.75) is 44.7 Å². The van der Waals surface area contributed by atoms with E-state index >= 15 is 0 Å². The second kappa shape index (κ2) is 7.21. The maximum Gasteiger partial charge on any atom is 0.260 e. The Bertz CT molecular complexity index is 1050. The Morgan fingerprint density at radius 1 is 1.11 bits per heavy atom. The topological polar surface area (TPSA) is 79.6 Å². The summed E-state index contributed by atoms with van der Waals surface area (Å²) >= 11 is 1.38. The molecule has 0 amide bonds. The number of sulfonamides is 1. The third-order valence-electron chi connectivity index (χ3n) is 4.80. The first kappa shape index (κ1) is 18.4. The molecule has 3 heterocycles. The minimum Gasteiger partial charge on any atom is -0.372 e. The van der Waals surface area contributed by atoms with E-state index in [1.54, 1.807) is 6.92 Å². The smallest absolute Gasteiger partial charge is 0.260 e. The van der Waals surface area contributed by atoms with Gasteiger partial charge in [-0.25, -0.2) is 18.1 Å². The molecule has 0 radical (unpaired) electrons. The maximum absolute atomic E-state index is 12.8. The van der Waals surface area contributed by atoms with Gasteiger partial charge in [0.2, 0.25) is 4.96 Å². The van der Waals surface area contributed by atoms with Crippen molar-refractivity contribution in [3.8, 4) is 0 Å². The molecule has 7 nitrogen and oxygen atoms in total. The SMILES string of the molecule is Cc1nn2c(S(=O)(=O)NCc3ccc(N4CCCCC4)cc3)c(C)nc2s1. The second-order valence-electron chi connectivity index (χ2n) is 6.86. The average Bonchev–Trinajstić information content (AvgIpc) is 3.15. The molecule has 1 saturated heterocycles. The summed E-state index contributed by atoms with van der Waals surface area (Å²) in [6.07, 6.45) is 3.77. The number of rotatable bonds is 5. The van der Waals surface area contributed by atoms with Crippen LogP contribution < -0.4 is 9.62 Å².